The third-order valence-electron chi connectivity index (χ3n) is 4.11. The van der Waals surface area contributed by atoms with Crippen LogP contribution in [-0.2, 0) is 11.4 Å². The summed E-state index contributed by atoms with van der Waals surface area (Å²) in [5, 5.41) is 0.374. The number of carbonyl (C=O) groups is 2. The van der Waals surface area contributed by atoms with Crippen LogP contribution in [0.2, 0.25) is 5.02 Å². The first kappa shape index (κ1) is 22.7. The molecule has 0 aliphatic carbocycles. The van der Waals surface area contributed by atoms with Crippen molar-refractivity contribution in [1.29, 1.82) is 0 Å². The summed E-state index contributed by atoms with van der Waals surface area (Å²) < 4.78 is 12.6. The molecule has 0 bridgehead atoms. The number of carbonyl (C=O) groups excluding carboxylic acids is 2. The van der Waals surface area contributed by atoms with E-state index in [9.17, 15) is 9.59 Å². The molecule has 0 radical (unpaired) electrons. The largest absolute Gasteiger partial charge is 0.490 e. The first-order chi connectivity index (χ1) is 14.4. The molecule has 1 heterocycles. The Hall–Kier alpha value is -1.97. The average Bonchev–Trinajstić information content (AvgIpc) is 2.97. The van der Waals surface area contributed by atoms with Gasteiger partial charge in [-0.2, -0.15) is 0 Å². The Morgan fingerprint density at radius 2 is 1.93 bits per heavy atom. The molecule has 8 heteroatoms. The first-order valence-electron chi connectivity index (χ1n) is 9.12. The van der Waals surface area contributed by atoms with Gasteiger partial charge in [-0.15, -0.1) is 6.58 Å². The van der Waals surface area contributed by atoms with Crippen LogP contribution in [0.5, 0.6) is 11.5 Å². The molecule has 156 valence electrons. The summed E-state index contributed by atoms with van der Waals surface area (Å²) in [5.74, 6) is 0.889. The first-order valence-corrected chi connectivity index (χ1v) is 11.4. The molecule has 3 rings (SSSR count). The van der Waals surface area contributed by atoms with Crippen LogP contribution in [0.4, 0.5) is 4.79 Å². The third kappa shape index (κ3) is 5.39. The zero-order valence-electron chi connectivity index (χ0n) is 16.2. The van der Waals surface area contributed by atoms with E-state index in [-0.39, 0.29) is 17.7 Å². The fourth-order valence-electron chi connectivity index (χ4n) is 2.75. The highest BCUT2D eigenvalue weighted by Crippen LogP contribution is 2.37. The SMILES string of the molecule is C=CCN1C(=O)S/C(=C/c2cc(I)c(OCc3ccc(Cl)cc3)c(OCC)c2)C1=O. The van der Waals surface area contributed by atoms with E-state index in [4.69, 9.17) is 21.1 Å². The monoisotopic (exact) mass is 555 g/mol. The van der Waals surface area contributed by atoms with E-state index in [0.717, 1.165) is 26.5 Å². The van der Waals surface area contributed by atoms with Gasteiger partial charge >= 0.3 is 0 Å². The fraction of sp³-hybridized carbons (Fsp3) is 0.182. The Bertz CT molecular complexity index is 1010. The Kier molecular flexibility index (Phi) is 7.85. The number of nitrogens with zero attached hydrogens (tertiary/aromatic N) is 1. The fourth-order valence-corrected chi connectivity index (χ4v) is 4.50. The van der Waals surface area contributed by atoms with Gasteiger partial charge < -0.3 is 9.47 Å². The minimum Gasteiger partial charge on any atom is -0.490 e. The molecule has 0 saturated carbocycles. The molecule has 1 aliphatic heterocycles. The van der Waals surface area contributed by atoms with Gasteiger partial charge in [0.05, 0.1) is 15.1 Å². The van der Waals surface area contributed by atoms with E-state index < -0.39 is 0 Å². The van der Waals surface area contributed by atoms with E-state index in [1.54, 1.807) is 6.08 Å². The number of halogens is 2. The van der Waals surface area contributed by atoms with Gasteiger partial charge in [-0.25, -0.2) is 0 Å². The second kappa shape index (κ2) is 10.4. The van der Waals surface area contributed by atoms with Gasteiger partial charge in [-0.3, -0.25) is 14.5 Å². The van der Waals surface area contributed by atoms with E-state index in [0.29, 0.717) is 34.6 Å². The molecule has 0 aromatic heterocycles. The van der Waals surface area contributed by atoms with E-state index in [1.165, 1.54) is 11.0 Å². The molecule has 0 atom stereocenters. The summed E-state index contributed by atoms with van der Waals surface area (Å²) in [4.78, 5) is 26.0. The normalized spacial score (nSPS) is 15.0. The lowest BCUT2D eigenvalue weighted by Gasteiger charge is -2.15. The summed E-state index contributed by atoms with van der Waals surface area (Å²) in [5.41, 5.74) is 1.74. The van der Waals surface area contributed by atoms with Crippen molar-refractivity contribution in [2.24, 2.45) is 0 Å². The lowest BCUT2D eigenvalue weighted by molar-refractivity contribution is -0.122. The highest BCUT2D eigenvalue weighted by atomic mass is 127. The minimum atomic E-state index is -0.319. The van der Waals surface area contributed by atoms with E-state index in [1.807, 2.05) is 43.3 Å². The molecule has 2 aromatic rings. The Morgan fingerprint density at radius 1 is 1.20 bits per heavy atom. The molecule has 5 nitrogen and oxygen atoms in total. The van der Waals surface area contributed by atoms with Crippen molar-refractivity contribution in [3.8, 4) is 11.5 Å². The Morgan fingerprint density at radius 3 is 2.60 bits per heavy atom. The Labute approximate surface area is 198 Å². The summed E-state index contributed by atoms with van der Waals surface area (Å²) in [6, 6.07) is 11.1. The topological polar surface area (TPSA) is 55.8 Å². The molecular formula is C22H19ClINO4S. The molecule has 1 fully saturated rings. The van der Waals surface area contributed by atoms with E-state index in [2.05, 4.69) is 29.2 Å². The second-order valence-corrected chi connectivity index (χ2v) is 8.85. The van der Waals surface area contributed by atoms with Crippen molar-refractivity contribution in [2.45, 2.75) is 13.5 Å². The van der Waals surface area contributed by atoms with Crippen molar-refractivity contribution in [3.05, 3.63) is 73.7 Å². The maximum atomic E-state index is 12.5. The lowest BCUT2D eigenvalue weighted by Crippen LogP contribution is -2.27. The van der Waals surface area contributed by atoms with Crippen molar-refractivity contribution in [1.82, 2.24) is 4.90 Å². The minimum absolute atomic E-state index is 0.196. The van der Waals surface area contributed by atoms with Crippen LogP contribution in [0.25, 0.3) is 6.08 Å². The zero-order valence-corrected chi connectivity index (χ0v) is 19.9. The number of thioether (sulfide) groups is 1. The smallest absolute Gasteiger partial charge is 0.293 e. The van der Waals surface area contributed by atoms with Crippen LogP contribution in [0.3, 0.4) is 0 Å². The molecule has 2 amide bonds. The average molecular weight is 556 g/mol. The van der Waals surface area contributed by atoms with Gasteiger partial charge in [0, 0.05) is 11.6 Å². The third-order valence-corrected chi connectivity index (χ3v) is 6.07. The zero-order chi connectivity index (χ0) is 21.7. The summed E-state index contributed by atoms with van der Waals surface area (Å²) >= 11 is 9.03. The van der Waals surface area contributed by atoms with E-state index >= 15 is 0 Å². The molecule has 2 aromatic carbocycles. The van der Waals surface area contributed by atoms with Gasteiger partial charge in [0.25, 0.3) is 11.1 Å². The standard InChI is InChI=1S/C22H19ClINO4S/c1-3-9-25-21(26)19(30-22(25)27)12-15-10-17(24)20(18(11-15)28-4-2)29-13-14-5-7-16(23)8-6-14/h3,5-8,10-12H,1,4,9,13H2,2H3/b19-12+. The molecule has 1 aliphatic rings. The quantitative estimate of drug-likeness (QED) is 0.222. The molecule has 0 spiro atoms. The van der Waals surface area contributed by atoms with Gasteiger partial charge in [0.15, 0.2) is 11.5 Å². The molecular weight excluding hydrogens is 537 g/mol. The van der Waals surface area contributed by atoms with Crippen LogP contribution in [-0.4, -0.2) is 29.2 Å². The van der Waals surface area contributed by atoms with Crippen LogP contribution >= 0.6 is 46.0 Å². The predicted molar refractivity (Wildman–Crippen MR) is 129 cm³/mol. The van der Waals surface area contributed by atoms with Gasteiger partial charge in [-0.05, 0) is 82.7 Å². The number of ether oxygens (including phenoxy) is 2. The molecule has 30 heavy (non-hydrogen) atoms. The maximum Gasteiger partial charge on any atom is 0.293 e. The summed E-state index contributed by atoms with van der Waals surface area (Å²) in [6.45, 7) is 6.51. The number of benzene rings is 2. The highest BCUT2D eigenvalue weighted by molar-refractivity contribution is 14.1. The molecule has 1 saturated heterocycles. The van der Waals surface area contributed by atoms with Crippen molar-refractivity contribution in [3.63, 3.8) is 0 Å². The van der Waals surface area contributed by atoms with Crippen LogP contribution in [0, 0.1) is 3.57 Å². The summed E-state index contributed by atoms with van der Waals surface area (Å²) in [6.07, 6.45) is 3.23. The lowest BCUT2D eigenvalue weighted by atomic mass is 10.1. The summed E-state index contributed by atoms with van der Waals surface area (Å²) in [7, 11) is 0. The van der Waals surface area contributed by atoms with Gasteiger partial charge in [-0.1, -0.05) is 29.8 Å². The maximum absolute atomic E-state index is 12.5. The number of amides is 2. The number of rotatable bonds is 8. The molecule has 0 unspecified atom stereocenters. The second-order valence-electron chi connectivity index (χ2n) is 6.26. The predicted octanol–water partition coefficient (Wildman–Crippen LogP) is 6.14. The number of hydrogen-bond donors (Lipinski definition) is 0. The van der Waals surface area contributed by atoms with Crippen molar-refractivity contribution >= 4 is 63.2 Å². The van der Waals surface area contributed by atoms with Crippen LogP contribution < -0.4 is 9.47 Å². The van der Waals surface area contributed by atoms with Gasteiger partial charge in [0.1, 0.15) is 6.61 Å². The highest BCUT2D eigenvalue weighted by Gasteiger charge is 2.34. The number of hydrogen-bond acceptors (Lipinski definition) is 5. The number of imide groups is 1. The van der Waals surface area contributed by atoms with Crippen LogP contribution in [0.1, 0.15) is 18.1 Å². The van der Waals surface area contributed by atoms with Crippen molar-refractivity contribution in [2.75, 3.05) is 13.2 Å². The Balaban J connectivity index is 1.85. The van der Waals surface area contributed by atoms with Crippen molar-refractivity contribution < 1.29 is 19.1 Å². The van der Waals surface area contributed by atoms with Gasteiger partial charge in [0.2, 0.25) is 0 Å². The molecule has 0 N–H and O–H groups in total. The van der Waals surface area contributed by atoms with Crippen LogP contribution in [0.15, 0.2) is 54.0 Å².